The van der Waals surface area contributed by atoms with Gasteiger partial charge in [0.05, 0.1) is 0 Å². The van der Waals surface area contributed by atoms with Crippen molar-refractivity contribution >= 4 is 11.8 Å². The van der Waals surface area contributed by atoms with Crippen LogP contribution in [0.1, 0.15) is 17.7 Å². The molecule has 0 aromatic carbocycles. The van der Waals surface area contributed by atoms with Crippen LogP contribution in [0.5, 0.6) is 0 Å². The van der Waals surface area contributed by atoms with Gasteiger partial charge < -0.3 is 5.11 Å². The number of rotatable bonds is 3. The molecule has 1 aromatic heterocycles. The number of hydrogen-bond acceptors (Lipinski definition) is 3. The van der Waals surface area contributed by atoms with Gasteiger partial charge in [-0.1, -0.05) is 0 Å². The topological polar surface area (TPSA) is 58.0 Å². The maximum atomic E-state index is 11.8. The van der Waals surface area contributed by atoms with Crippen molar-refractivity contribution in [2.75, 3.05) is 12.4 Å². The molecule has 0 aliphatic carbocycles. The second-order valence-electron chi connectivity index (χ2n) is 3.41. The summed E-state index contributed by atoms with van der Waals surface area (Å²) in [6.07, 6.45) is 1.59. The van der Waals surface area contributed by atoms with Crippen LogP contribution in [-0.4, -0.2) is 27.2 Å². The van der Waals surface area contributed by atoms with Crippen LogP contribution >= 0.6 is 11.8 Å². The van der Waals surface area contributed by atoms with E-state index in [2.05, 4.69) is 5.10 Å². The average Bonchev–Trinajstić information content (AvgIpc) is 2.54. The van der Waals surface area contributed by atoms with E-state index in [1.807, 2.05) is 0 Å². The number of thioether (sulfide) groups is 1. The van der Waals surface area contributed by atoms with E-state index in [-0.39, 0.29) is 12.2 Å². The highest BCUT2D eigenvalue weighted by Gasteiger charge is 2.17. The van der Waals surface area contributed by atoms with Gasteiger partial charge in [0.1, 0.15) is 0 Å². The van der Waals surface area contributed by atoms with Crippen LogP contribution in [0.15, 0.2) is 4.79 Å². The molecule has 0 radical (unpaired) electrons. The van der Waals surface area contributed by atoms with Gasteiger partial charge in [-0.15, -0.1) is 0 Å². The first kappa shape index (κ1) is 9.86. The molecule has 2 rings (SSSR count). The summed E-state index contributed by atoms with van der Waals surface area (Å²) in [5, 5.41) is 11.8. The molecule has 0 fully saturated rings. The lowest BCUT2D eigenvalue weighted by Crippen LogP contribution is -2.19. The number of fused-ring (bicyclic) bond motifs is 1. The number of aromatic amines is 1. The Morgan fingerprint density at radius 3 is 3.14 bits per heavy atom. The Hall–Kier alpha value is -0.680. The van der Waals surface area contributed by atoms with E-state index in [0.717, 1.165) is 29.2 Å². The maximum Gasteiger partial charge on any atom is 0.270 e. The molecule has 0 unspecified atom stereocenters. The lowest BCUT2D eigenvalue weighted by Gasteiger charge is -2.07. The molecule has 78 valence electrons. The van der Waals surface area contributed by atoms with Crippen LogP contribution in [0.25, 0.3) is 0 Å². The van der Waals surface area contributed by atoms with Crippen molar-refractivity contribution in [3.8, 4) is 0 Å². The quantitative estimate of drug-likeness (QED) is 0.763. The van der Waals surface area contributed by atoms with E-state index in [9.17, 15) is 4.79 Å². The van der Waals surface area contributed by atoms with Crippen LogP contribution in [0.2, 0.25) is 0 Å². The van der Waals surface area contributed by atoms with Gasteiger partial charge in [-0.3, -0.25) is 14.6 Å². The second-order valence-corrected chi connectivity index (χ2v) is 4.51. The summed E-state index contributed by atoms with van der Waals surface area (Å²) < 4.78 is 1.62. The summed E-state index contributed by atoms with van der Waals surface area (Å²) in [4.78, 5) is 11.8. The third-order valence-corrected chi connectivity index (χ3v) is 3.41. The fourth-order valence-corrected chi connectivity index (χ4v) is 2.66. The van der Waals surface area contributed by atoms with Gasteiger partial charge in [0, 0.05) is 30.2 Å². The van der Waals surface area contributed by atoms with Crippen molar-refractivity contribution in [2.24, 2.45) is 0 Å². The third kappa shape index (κ3) is 1.74. The van der Waals surface area contributed by atoms with E-state index in [1.54, 1.807) is 16.4 Å². The fraction of sp³-hybridized carbons (Fsp3) is 0.667. The van der Waals surface area contributed by atoms with Crippen LogP contribution in [0.3, 0.4) is 0 Å². The average molecular weight is 214 g/mol. The highest BCUT2D eigenvalue weighted by Crippen LogP contribution is 2.20. The van der Waals surface area contributed by atoms with E-state index >= 15 is 0 Å². The molecule has 1 aliphatic heterocycles. The molecule has 14 heavy (non-hydrogen) atoms. The minimum atomic E-state index is 0.0978. The predicted molar refractivity (Wildman–Crippen MR) is 56.6 cm³/mol. The minimum Gasteiger partial charge on any atom is -0.396 e. The smallest absolute Gasteiger partial charge is 0.270 e. The summed E-state index contributed by atoms with van der Waals surface area (Å²) in [5.41, 5.74) is 2.12. The molecular formula is C9H14N2O2S. The molecule has 0 saturated heterocycles. The highest BCUT2D eigenvalue weighted by atomic mass is 32.2. The predicted octanol–water partition coefficient (Wildman–Crippen LogP) is 0.348. The normalized spacial score (nSPS) is 15.5. The standard InChI is InChI=1S/C9H14N2O2S/c12-4-1-3-11-9(13)7-6-14-5-2-8(7)10-11/h10,12H,1-6H2. The van der Waals surface area contributed by atoms with Crippen molar-refractivity contribution in [3.05, 3.63) is 21.6 Å². The van der Waals surface area contributed by atoms with E-state index in [1.165, 1.54) is 0 Å². The molecule has 1 aliphatic rings. The van der Waals surface area contributed by atoms with Gasteiger partial charge in [0.2, 0.25) is 0 Å². The lowest BCUT2D eigenvalue weighted by atomic mass is 10.2. The van der Waals surface area contributed by atoms with Crippen molar-refractivity contribution in [1.29, 1.82) is 0 Å². The maximum absolute atomic E-state index is 11.8. The fourth-order valence-electron chi connectivity index (χ4n) is 1.66. The summed E-state index contributed by atoms with van der Waals surface area (Å²) in [6, 6.07) is 0. The Morgan fingerprint density at radius 1 is 1.57 bits per heavy atom. The van der Waals surface area contributed by atoms with Gasteiger partial charge in [-0.25, -0.2) is 0 Å². The molecule has 5 heteroatoms. The van der Waals surface area contributed by atoms with Crippen LogP contribution in [0, 0.1) is 0 Å². The summed E-state index contributed by atoms with van der Waals surface area (Å²) in [7, 11) is 0. The zero-order chi connectivity index (χ0) is 9.97. The first-order chi connectivity index (χ1) is 6.83. The van der Waals surface area contributed by atoms with Crippen LogP contribution < -0.4 is 5.56 Å². The number of aromatic nitrogens is 2. The summed E-state index contributed by atoms with van der Waals surface area (Å²) >= 11 is 1.81. The number of nitrogens with zero attached hydrogens (tertiary/aromatic N) is 1. The lowest BCUT2D eigenvalue weighted by molar-refractivity contribution is 0.276. The van der Waals surface area contributed by atoms with Crippen molar-refractivity contribution in [3.63, 3.8) is 0 Å². The first-order valence-electron chi connectivity index (χ1n) is 4.82. The van der Waals surface area contributed by atoms with Gasteiger partial charge in [-0.05, 0) is 18.6 Å². The zero-order valence-electron chi connectivity index (χ0n) is 7.95. The molecule has 0 saturated carbocycles. The van der Waals surface area contributed by atoms with Gasteiger partial charge in [-0.2, -0.15) is 11.8 Å². The summed E-state index contributed by atoms with van der Waals surface area (Å²) in [5.74, 6) is 1.92. The van der Waals surface area contributed by atoms with Crippen LogP contribution in [-0.2, 0) is 18.7 Å². The molecular weight excluding hydrogens is 200 g/mol. The molecule has 0 amide bonds. The Labute approximate surface area is 86.3 Å². The Morgan fingerprint density at radius 2 is 2.43 bits per heavy atom. The van der Waals surface area contributed by atoms with Crippen molar-refractivity contribution in [2.45, 2.75) is 25.1 Å². The second kappa shape index (κ2) is 4.23. The Balaban J connectivity index is 2.25. The van der Waals surface area contributed by atoms with Gasteiger partial charge in [0.25, 0.3) is 5.56 Å². The molecule has 4 nitrogen and oxygen atoms in total. The van der Waals surface area contributed by atoms with E-state index in [4.69, 9.17) is 5.11 Å². The number of aliphatic hydroxyl groups is 1. The molecule has 0 atom stereocenters. The monoisotopic (exact) mass is 214 g/mol. The SMILES string of the molecule is O=c1c2c([nH]n1CCCO)CCSC2. The summed E-state index contributed by atoms with van der Waals surface area (Å²) in [6.45, 7) is 0.720. The Kier molecular flexibility index (Phi) is 2.98. The molecule has 2 N–H and O–H groups in total. The molecule has 0 spiro atoms. The minimum absolute atomic E-state index is 0.0978. The van der Waals surface area contributed by atoms with E-state index in [0.29, 0.717) is 13.0 Å². The van der Waals surface area contributed by atoms with E-state index < -0.39 is 0 Å². The third-order valence-electron chi connectivity index (χ3n) is 2.42. The number of hydrogen-bond donors (Lipinski definition) is 2. The van der Waals surface area contributed by atoms with Gasteiger partial charge >= 0.3 is 0 Å². The van der Waals surface area contributed by atoms with Gasteiger partial charge in [0.15, 0.2) is 0 Å². The largest absolute Gasteiger partial charge is 0.396 e. The molecule has 2 heterocycles. The van der Waals surface area contributed by atoms with Crippen molar-refractivity contribution < 1.29 is 5.11 Å². The van der Waals surface area contributed by atoms with Crippen molar-refractivity contribution in [1.82, 2.24) is 9.78 Å². The number of aliphatic hydroxyl groups excluding tert-OH is 1. The molecule has 1 aromatic rings. The van der Waals surface area contributed by atoms with Crippen LogP contribution in [0.4, 0.5) is 0 Å². The number of aryl methyl sites for hydroxylation is 2. The zero-order valence-corrected chi connectivity index (χ0v) is 8.77. The number of nitrogens with one attached hydrogen (secondary N) is 1. The highest BCUT2D eigenvalue weighted by molar-refractivity contribution is 7.98. The molecule has 0 bridgehead atoms. The first-order valence-corrected chi connectivity index (χ1v) is 5.97. The Bertz CT molecular complexity index is 369. The number of H-pyrrole nitrogens is 1.